The molecule has 1 fully saturated rings. The molecule has 0 radical (unpaired) electrons. The van der Waals surface area contributed by atoms with Gasteiger partial charge in [-0.3, -0.25) is 9.59 Å². The number of nitrogens with zero attached hydrogens (tertiary/aromatic N) is 3. The van der Waals surface area contributed by atoms with Gasteiger partial charge < -0.3 is 15.0 Å². The Balaban J connectivity index is 1.53. The summed E-state index contributed by atoms with van der Waals surface area (Å²) in [6, 6.07) is 14.5. The molecule has 0 saturated carbocycles. The van der Waals surface area contributed by atoms with Crippen molar-refractivity contribution in [2.45, 2.75) is 38.3 Å². The van der Waals surface area contributed by atoms with Gasteiger partial charge in [0.2, 0.25) is 5.91 Å². The molecule has 4 rings (SSSR count). The van der Waals surface area contributed by atoms with Crippen LogP contribution in [-0.2, 0) is 4.79 Å². The molecule has 1 N–H and O–H groups in total. The quantitative estimate of drug-likeness (QED) is 0.595. The zero-order valence-corrected chi connectivity index (χ0v) is 19.4. The van der Waals surface area contributed by atoms with E-state index in [4.69, 9.17) is 9.72 Å². The van der Waals surface area contributed by atoms with E-state index in [1.54, 1.807) is 32.1 Å². The molecule has 0 bridgehead atoms. The Bertz CT molecular complexity index is 1200. The zero-order valence-electron chi connectivity index (χ0n) is 19.4. The Labute approximate surface area is 198 Å². The number of hydrogen-bond donors (Lipinski definition) is 1. The molecule has 0 aliphatic carbocycles. The van der Waals surface area contributed by atoms with Crippen molar-refractivity contribution in [2.24, 2.45) is 0 Å². The Morgan fingerprint density at radius 2 is 1.91 bits per heavy atom. The minimum absolute atomic E-state index is 0.166. The highest BCUT2D eigenvalue weighted by Gasteiger charge is 2.40. The molecule has 1 atom stereocenters. The molecule has 2 heterocycles. The van der Waals surface area contributed by atoms with E-state index in [0.717, 1.165) is 35.9 Å². The molecule has 176 valence electrons. The Morgan fingerprint density at radius 3 is 2.62 bits per heavy atom. The number of nitrogens with one attached hydrogen (secondary N) is 1. The summed E-state index contributed by atoms with van der Waals surface area (Å²) in [6.07, 6.45) is 3.28. The van der Waals surface area contributed by atoms with Crippen molar-refractivity contribution in [3.8, 4) is 17.1 Å². The molecule has 0 spiro atoms. The molecule has 8 heteroatoms. The fourth-order valence-corrected chi connectivity index (χ4v) is 4.15. The van der Waals surface area contributed by atoms with Gasteiger partial charge in [0.1, 0.15) is 17.1 Å². The molecular weight excluding hydrogens is 435 g/mol. The number of amides is 2. The first-order chi connectivity index (χ1) is 16.3. The lowest BCUT2D eigenvalue weighted by atomic mass is 10.0. The maximum atomic E-state index is 13.5. The summed E-state index contributed by atoms with van der Waals surface area (Å²) < 4.78 is 18.7. The molecule has 2 aromatic carbocycles. The van der Waals surface area contributed by atoms with Crippen LogP contribution >= 0.6 is 0 Å². The summed E-state index contributed by atoms with van der Waals surface area (Å²) in [7, 11) is 1.61. The van der Waals surface area contributed by atoms with E-state index in [0.29, 0.717) is 12.4 Å². The van der Waals surface area contributed by atoms with Crippen molar-refractivity contribution in [1.29, 1.82) is 0 Å². The molecule has 1 aromatic heterocycles. The molecule has 1 unspecified atom stereocenters. The van der Waals surface area contributed by atoms with E-state index in [2.05, 4.69) is 10.3 Å². The first kappa shape index (κ1) is 23.4. The van der Waals surface area contributed by atoms with Gasteiger partial charge in [0.15, 0.2) is 5.82 Å². The van der Waals surface area contributed by atoms with Crippen LogP contribution in [0.1, 0.15) is 48.8 Å². The lowest BCUT2D eigenvalue weighted by molar-refractivity contribution is -0.137. The number of benzene rings is 2. The summed E-state index contributed by atoms with van der Waals surface area (Å²) in [6.45, 7) is 3.87. The number of rotatable bonds is 6. The number of carbonyl (C=O) groups is 2. The third-order valence-corrected chi connectivity index (χ3v) is 5.93. The van der Waals surface area contributed by atoms with E-state index in [1.807, 2.05) is 30.3 Å². The van der Waals surface area contributed by atoms with E-state index >= 15 is 0 Å². The van der Waals surface area contributed by atoms with Gasteiger partial charge in [-0.15, -0.1) is 0 Å². The largest absolute Gasteiger partial charge is 0.497 e. The number of ether oxygens (including phenoxy) is 1. The fourth-order valence-electron chi connectivity index (χ4n) is 4.15. The zero-order chi connectivity index (χ0) is 24.3. The molecule has 1 aliphatic heterocycles. The van der Waals surface area contributed by atoms with Crippen LogP contribution in [0.15, 0.2) is 60.8 Å². The summed E-state index contributed by atoms with van der Waals surface area (Å²) in [5.41, 5.74) is 0.580. The van der Waals surface area contributed by atoms with Crippen LogP contribution in [0.4, 0.5) is 4.39 Å². The topological polar surface area (TPSA) is 84.4 Å². The summed E-state index contributed by atoms with van der Waals surface area (Å²) in [5, 5.41) is 2.76. The second-order valence-corrected chi connectivity index (χ2v) is 8.78. The smallest absolute Gasteiger partial charge is 0.252 e. The van der Waals surface area contributed by atoms with Gasteiger partial charge in [0, 0.05) is 23.9 Å². The molecule has 1 aliphatic rings. The monoisotopic (exact) mass is 462 g/mol. The van der Waals surface area contributed by atoms with Crippen LogP contribution in [0, 0.1) is 5.82 Å². The van der Waals surface area contributed by atoms with Gasteiger partial charge in [-0.25, -0.2) is 14.4 Å². The third kappa shape index (κ3) is 4.90. The number of hydrogen-bond acceptors (Lipinski definition) is 5. The SMILES string of the molecule is COc1ccc(-c2nccc(C3CCCN3C(=O)C(C)(C)NC(=O)c3cccc(F)c3)n2)cc1. The van der Waals surface area contributed by atoms with Crippen LogP contribution in [0.2, 0.25) is 0 Å². The predicted octanol–water partition coefficient (Wildman–Crippen LogP) is 4.16. The maximum absolute atomic E-state index is 13.5. The van der Waals surface area contributed by atoms with E-state index in [1.165, 1.54) is 18.2 Å². The lowest BCUT2D eigenvalue weighted by Gasteiger charge is -2.33. The van der Waals surface area contributed by atoms with Crippen LogP contribution in [0.5, 0.6) is 5.75 Å². The number of likely N-dealkylation sites (tertiary alicyclic amines) is 1. The molecule has 34 heavy (non-hydrogen) atoms. The summed E-state index contributed by atoms with van der Waals surface area (Å²) >= 11 is 0. The van der Waals surface area contributed by atoms with Gasteiger partial charge in [0.25, 0.3) is 5.91 Å². The Kier molecular flexibility index (Phi) is 6.58. The molecule has 1 saturated heterocycles. The van der Waals surface area contributed by atoms with E-state index in [-0.39, 0.29) is 17.5 Å². The highest BCUT2D eigenvalue weighted by Crippen LogP contribution is 2.33. The summed E-state index contributed by atoms with van der Waals surface area (Å²) in [5.74, 6) is 0.0858. The van der Waals surface area contributed by atoms with Crippen LogP contribution in [0.25, 0.3) is 11.4 Å². The average molecular weight is 463 g/mol. The van der Waals surface area contributed by atoms with Crippen LogP contribution in [0.3, 0.4) is 0 Å². The lowest BCUT2D eigenvalue weighted by Crippen LogP contribution is -2.55. The van der Waals surface area contributed by atoms with Crippen LogP contribution < -0.4 is 10.1 Å². The molecule has 2 amide bonds. The van der Waals surface area contributed by atoms with Crippen molar-refractivity contribution in [2.75, 3.05) is 13.7 Å². The van der Waals surface area contributed by atoms with Gasteiger partial charge in [-0.1, -0.05) is 6.07 Å². The second-order valence-electron chi connectivity index (χ2n) is 8.78. The van der Waals surface area contributed by atoms with Crippen molar-refractivity contribution >= 4 is 11.8 Å². The fraction of sp³-hybridized carbons (Fsp3) is 0.308. The van der Waals surface area contributed by atoms with Crippen LogP contribution in [-0.4, -0.2) is 45.9 Å². The van der Waals surface area contributed by atoms with Crippen molar-refractivity contribution in [1.82, 2.24) is 20.2 Å². The van der Waals surface area contributed by atoms with Gasteiger partial charge in [-0.2, -0.15) is 0 Å². The molecule has 3 aromatic rings. The normalized spacial score (nSPS) is 15.8. The number of halogens is 1. The molecular formula is C26H27FN4O3. The second kappa shape index (κ2) is 9.59. The number of methoxy groups -OCH3 is 1. The standard InChI is InChI=1S/C26H27FN4O3/c1-26(2,30-24(32)18-6-4-7-19(27)16-18)25(33)31-15-5-8-22(31)21-13-14-28-23(29-21)17-9-11-20(34-3)12-10-17/h4,6-7,9-14,16,22H,5,8,15H2,1-3H3,(H,30,32). The maximum Gasteiger partial charge on any atom is 0.252 e. The van der Waals surface area contributed by atoms with Crippen molar-refractivity contribution < 1.29 is 18.7 Å². The molecule has 7 nitrogen and oxygen atoms in total. The minimum Gasteiger partial charge on any atom is -0.497 e. The van der Waals surface area contributed by atoms with Crippen molar-refractivity contribution in [3.63, 3.8) is 0 Å². The number of carbonyl (C=O) groups excluding carboxylic acids is 2. The average Bonchev–Trinajstić information content (AvgIpc) is 3.33. The first-order valence-corrected chi connectivity index (χ1v) is 11.1. The van der Waals surface area contributed by atoms with E-state index in [9.17, 15) is 14.0 Å². The van der Waals surface area contributed by atoms with Gasteiger partial charge in [0.05, 0.1) is 18.8 Å². The van der Waals surface area contributed by atoms with Gasteiger partial charge >= 0.3 is 0 Å². The van der Waals surface area contributed by atoms with E-state index < -0.39 is 17.3 Å². The predicted molar refractivity (Wildman–Crippen MR) is 126 cm³/mol. The third-order valence-electron chi connectivity index (χ3n) is 5.93. The highest BCUT2D eigenvalue weighted by atomic mass is 19.1. The van der Waals surface area contributed by atoms with Crippen molar-refractivity contribution in [3.05, 3.63) is 77.9 Å². The summed E-state index contributed by atoms with van der Waals surface area (Å²) in [4.78, 5) is 37.0. The highest BCUT2D eigenvalue weighted by molar-refractivity contribution is 5.99. The Hall–Kier alpha value is -3.81. The minimum atomic E-state index is -1.18. The Morgan fingerprint density at radius 1 is 1.15 bits per heavy atom. The number of aromatic nitrogens is 2. The first-order valence-electron chi connectivity index (χ1n) is 11.1. The van der Waals surface area contributed by atoms with Gasteiger partial charge in [-0.05, 0) is 75.2 Å².